The van der Waals surface area contributed by atoms with Crippen LogP contribution in [0.3, 0.4) is 0 Å². The predicted octanol–water partition coefficient (Wildman–Crippen LogP) is 3.67. The molecule has 0 amide bonds. The molecule has 1 aliphatic rings. The minimum absolute atomic E-state index is 0.283. The van der Waals surface area contributed by atoms with E-state index < -0.39 is 6.10 Å². The van der Waals surface area contributed by atoms with Gasteiger partial charge in [0.15, 0.2) is 0 Å². The molecule has 125 valence electrons. The van der Waals surface area contributed by atoms with E-state index in [2.05, 4.69) is 29.2 Å². The van der Waals surface area contributed by atoms with E-state index >= 15 is 0 Å². The van der Waals surface area contributed by atoms with E-state index in [0.29, 0.717) is 12.3 Å². The van der Waals surface area contributed by atoms with E-state index in [9.17, 15) is 5.11 Å². The molecule has 0 fully saturated rings. The summed E-state index contributed by atoms with van der Waals surface area (Å²) in [5.74, 6) is 0.667. The summed E-state index contributed by atoms with van der Waals surface area (Å²) < 4.78 is 5.55. The van der Waals surface area contributed by atoms with Gasteiger partial charge in [0.1, 0.15) is 18.5 Å². The number of hydrogen-bond donors (Lipinski definition) is 1. The van der Waals surface area contributed by atoms with Gasteiger partial charge < -0.3 is 9.84 Å². The van der Waals surface area contributed by atoms with E-state index in [1.807, 2.05) is 30.3 Å². The van der Waals surface area contributed by atoms with Gasteiger partial charge in [-0.1, -0.05) is 48.0 Å². The van der Waals surface area contributed by atoms with Crippen molar-refractivity contribution in [1.82, 2.24) is 4.90 Å². The maximum atomic E-state index is 10.2. The number of β-amino-alcohol motifs (C(OH)–C–C–N with tert-alkyl or cyclic N) is 1. The molecule has 1 atom stereocenters. The van der Waals surface area contributed by atoms with Crippen LogP contribution in [-0.4, -0.2) is 42.4 Å². The minimum atomic E-state index is -0.510. The number of ether oxygens (including phenoxy) is 1. The fourth-order valence-electron chi connectivity index (χ4n) is 2.81. The molecular formula is C20H21ClNO2. The third-order valence-corrected chi connectivity index (χ3v) is 4.34. The number of hydrogen-bond acceptors (Lipinski definition) is 3. The van der Waals surface area contributed by atoms with Gasteiger partial charge >= 0.3 is 0 Å². The van der Waals surface area contributed by atoms with Crippen molar-refractivity contribution in [2.24, 2.45) is 0 Å². The number of benzene rings is 2. The number of nitrogens with zero attached hydrogens (tertiary/aromatic N) is 1. The zero-order chi connectivity index (χ0) is 16.8. The summed E-state index contributed by atoms with van der Waals surface area (Å²) in [4.78, 5) is 2.24. The zero-order valence-electron chi connectivity index (χ0n) is 13.5. The van der Waals surface area contributed by atoms with Crippen molar-refractivity contribution < 1.29 is 9.84 Å². The Morgan fingerprint density at radius 1 is 1.21 bits per heavy atom. The summed E-state index contributed by atoms with van der Waals surface area (Å²) in [5.41, 5.74) is 2.56. The molecule has 0 aromatic heterocycles. The van der Waals surface area contributed by atoms with Crippen LogP contribution < -0.4 is 4.74 Å². The summed E-state index contributed by atoms with van der Waals surface area (Å²) in [6.07, 6.45) is 2.69. The summed E-state index contributed by atoms with van der Waals surface area (Å²) in [6.45, 7) is 2.66. The molecular weight excluding hydrogens is 322 g/mol. The molecule has 0 saturated carbocycles. The van der Waals surface area contributed by atoms with E-state index in [1.165, 1.54) is 11.1 Å². The van der Waals surface area contributed by atoms with Gasteiger partial charge in [-0.05, 0) is 35.8 Å². The van der Waals surface area contributed by atoms with Gasteiger partial charge in [-0.2, -0.15) is 0 Å². The Kier molecular flexibility index (Phi) is 5.91. The molecule has 0 spiro atoms. The molecule has 2 aromatic carbocycles. The predicted molar refractivity (Wildman–Crippen MR) is 97.3 cm³/mol. The number of halogens is 1. The van der Waals surface area contributed by atoms with Crippen LogP contribution >= 0.6 is 11.6 Å². The second kappa shape index (κ2) is 8.34. The van der Waals surface area contributed by atoms with E-state index in [0.717, 1.165) is 24.5 Å². The molecule has 2 aromatic rings. The van der Waals surface area contributed by atoms with Crippen molar-refractivity contribution in [3.63, 3.8) is 0 Å². The quantitative estimate of drug-likeness (QED) is 0.869. The lowest BCUT2D eigenvalue weighted by Gasteiger charge is -2.28. The lowest BCUT2D eigenvalue weighted by molar-refractivity contribution is 0.0716. The van der Waals surface area contributed by atoms with Crippen LogP contribution in [0.2, 0.25) is 5.02 Å². The molecule has 0 bridgehead atoms. The molecule has 1 unspecified atom stereocenters. The highest BCUT2D eigenvalue weighted by atomic mass is 35.5. The molecule has 3 rings (SSSR count). The lowest BCUT2D eigenvalue weighted by Crippen LogP contribution is -2.38. The van der Waals surface area contributed by atoms with Crippen molar-refractivity contribution in [3.8, 4) is 5.75 Å². The minimum Gasteiger partial charge on any atom is -0.490 e. The number of rotatable bonds is 6. The highest BCUT2D eigenvalue weighted by Gasteiger charge is 2.16. The Hall–Kier alpha value is -1.81. The largest absolute Gasteiger partial charge is 0.490 e. The Labute approximate surface area is 148 Å². The Morgan fingerprint density at radius 2 is 2.04 bits per heavy atom. The fourth-order valence-corrected chi connectivity index (χ4v) is 2.93. The fraction of sp³-hybridized carbons (Fsp3) is 0.300. The van der Waals surface area contributed by atoms with Crippen molar-refractivity contribution in [2.75, 3.05) is 26.2 Å². The Balaban J connectivity index is 1.46. The number of aliphatic hydroxyl groups is 1. The summed E-state index contributed by atoms with van der Waals surface area (Å²) in [6, 6.07) is 18.4. The van der Waals surface area contributed by atoms with Crippen LogP contribution in [0, 0.1) is 6.07 Å². The van der Waals surface area contributed by atoms with Gasteiger partial charge in [0.25, 0.3) is 0 Å². The summed E-state index contributed by atoms with van der Waals surface area (Å²) in [5, 5.41) is 10.9. The summed E-state index contributed by atoms with van der Waals surface area (Å²) >= 11 is 5.94. The van der Waals surface area contributed by atoms with Gasteiger partial charge in [0, 0.05) is 30.7 Å². The van der Waals surface area contributed by atoms with Crippen molar-refractivity contribution in [3.05, 3.63) is 71.3 Å². The second-order valence-electron chi connectivity index (χ2n) is 5.94. The van der Waals surface area contributed by atoms with Gasteiger partial charge in [0.2, 0.25) is 0 Å². The molecule has 0 saturated heterocycles. The normalized spacial score (nSPS) is 16.5. The number of aliphatic hydroxyl groups excluding tert-OH is 1. The smallest absolute Gasteiger partial charge is 0.127 e. The first-order valence-corrected chi connectivity index (χ1v) is 8.53. The third kappa shape index (κ3) is 4.84. The van der Waals surface area contributed by atoms with Crippen LogP contribution in [0.25, 0.3) is 5.57 Å². The van der Waals surface area contributed by atoms with Gasteiger partial charge in [-0.3, -0.25) is 4.90 Å². The van der Waals surface area contributed by atoms with Gasteiger partial charge in [-0.15, -0.1) is 0 Å². The van der Waals surface area contributed by atoms with Crippen LogP contribution in [0.4, 0.5) is 0 Å². The zero-order valence-corrected chi connectivity index (χ0v) is 14.2. The van der Waals surface area contributed by atoms with E-state index in [-0.39, 0.29) is 6.61 Å². The van der Waals surface area contributed by atoms with E-state index in [1.54, 1.807) is 6.07 Å². The first-order chi connectivity index (χ1) is 11.7. The average Bonchev–Trinajstić information content (AvgIpc) is 2.62. The lowest BCUT2D eigenvalue weighted by atomic mass is 9.99. The van der Waals surface area contributed by atoms with Crippen LogP contribution in [-0.2, 0) is 0 Å². The molecule has 1 radical (unpaired) electrons. The second-order valence-corrected chi connectivity index (χ2v) is 6.37. The monoisotopic (exact) mass is 342 g/mol. The molecule has 4 heteroatoms. The molecule has 0 aliphatic carbocycles. The van der Waals surface area contributed by atoms with Crippen LogP contribution in [0.1, 0.15) is 12.0 Å². The highest BCUT2D eigenvalue weighted by Crippen LogP contribution is 2.23. The van der Waals surface area contributed by atoms with Gasteiger partial charge in [-0.25, -0.2) is 0 Å². The maximum absolute atomic E-state index is 10.2. The first-order valence-electron chi connectivity index (χ1n) is 8.15. The first kappa shape index (κ1) is 17.0. The SMILES string of the molecule is OC(COc1[c]cccc1)CN1CC=C(c2ccc(Cl)cc2)CC1. The molecule has 24 heavy (non-hydrogen) atoms. The van der Waals surface area contributed by atoms with Gasteiger partial charge in [0.05, 0.1) is 0 Å². The topological polar surface area (TPSA) is 32.7 Å². The van der Waals surface area contributed by atoms with E-state index in [4.69, 9.17) is 16.3 Å². The van der Waals surface area contributed by atoms with Crippen LogP contribution in [0.5, 0.6) is 5.75 Å². The average molecular weight is 343 g/mol. The maximum Gasteiger partial charge on any atom is 0.127 e. The standard InChI is InChI=1S/C20H21ClNO2/c21-18-8-6-16(7-9-18)17-10-12-22(13-11-17)14-19(23)15-24-20-4-2-1-3-5-20/h1-4,6-10,19,23H,11-15H2. The molecule has 1 N–H and O–H groups in total. The summed E-state index contributed by atoms with van der Waals surface area (Å²) in [7, 11) is 0. The molecule has 1 heterocycles. The molecule has 3 nitrogen and oxygen atoms in total. The number of para-hydroxylation sites is 1. The van der Waals surface area contributed by atoms with Crippen LogP contribution in [0.15, 0.2) is 54.6 Å². The molecule has 1 aliphatic heterocycles. The Morgan fingerprint density at radius 3 is 2.71 bits per heavy atom. The highest BCUT2D eigenvalue weighted by molar-refractivity contribution is 6.30. The Bertz CT molecular complexity index is 670. The third-order valence-electron chi connectivity index (χ3n) is 4.09. The van der Waals surface area contributed by atoms with Crippen molar-refractivity contribution >= 4 is 17.2 Å². The van der Waals surface area contributed by atoms with Crippen molar-refractivity contribution in [1.29, 1.82) is 0 Å². The van der Waals surface area contributed by atoms with Crippen molar-refractivity contribution in [2.45, 2.75) is 12.5 Å².